The number of carbonyl (C=O) groups excluding carboxylic acids is 1. The van der Waals surface area contributed by atoms with Crippen LogP contribution in [-0.2, 0) is 11.2 Å². The second-order valence-corrected chi connectivity index (χ2v) is 7.50. The minimum Gasteiger partial charge on any atom is -0.492 e. The molecule has 1 atom stereocenters. The summed E-state index contributed by atoms with van der Waals surface area (Å²) in [5.41, 5.74) is 2.02. The molecule has 1 amide bonds. The minimum atomic E-state index is -0.0387. The van der Waals surface area contributed by atoms with Crippen LogP contribution >= 0.6 is 11.8 Å². The van der Waals surface area contributed by atoms with E-state index in [1.807, 2.05) is 56.3 Å². The maximum absolute atomic E-state index is 12.3. The maximum atomic E-state index is 12.3. The Labute approximate surface area is 174 Å². The first kappa shape index (κ1) is 20.9. The van der Waals surface area contributed by atoms with E-state index in [4.69, 9.17) is 4.74 Å². The van der Waals surface area contributed by atoms with E-state index in [-0.39, 0.29) is 17.7 Å². The smallest absolute Gasteiger partial charge is 0.230 e. The molecule has 1 aromatic heterocycles. The Bertz CT molecular complexity index is 916. The lowest BCUT2D eigenvalue weighted by Crippen LogP contribution is -2.34. The van der Waals surface area contributed by atoms with Crippen LogP contribution < -0.4 is 10.1 Å². The van der Waals surface area contributed by atoms with Gasteiger partial charge in [0.1, 0.15) is 11.4 Å². The van der Waals surface area contributed by atoms with Crippen molar-refractivity contribution >= 4 is 17.7 Å². The summed E-state index contributed by atoms with van der Waals surface area (Å²) in [5, 5.41) is 15.4. The van der Waals surface area contributed by atoms with Gasteiger partial charge in [0, 0.05) is 6.04 Å². The highest BCUT2D eigenvalue weighted by Gasteiger charge is 2.15. The first-order chi connectivity index (χ1) is 14.2. The van der Waals surface area contributed by atoms with Crippen LogP contribution in [0.25, 0.3) is 5.69 Å². The quantitative estimate of drug-likeness (QED) is 0.516. The van der Waals surface area contributed by atoms with Gasteiger partial charge in [-0.15, -0.1) is 5.10 Å². The van der Waals surface area contributed by atoms with Gasteiger partial charge in [0.2, 0.25) is 11.1 Å². The molecule has 7 nitrogen and oxygen atoms in total. The fraction of sp³-hybridized carbons (Fsp3) is 0.333. The van der Waals surface area contributed by atoms with Crippen LogP contribution in [0.2, 0.25) is 0 Å². The fourth-order valence-corrected chi connectivity index (χ4v) is 3.57. The monoisotopic (exact) mass is 411 g/mol. The Morgan fingerprint density at radius 1 is 1.17 bits per heavy atom. The van der Waals surface area contributed by atoms with Crippen LogP contribution in [0.15, 0.2) is 59.8 Å². The van der Waals surface area contributed by atoms with Gasteiger partial charge in [-0.05, 0) is 54.8 Å². The van der Waals surface area contributed by atoms with Crippen LogP contribution in [-0.4, -0.2) is 44.5 Å². The zero-order chi connectivity index (χ0) is 20.5. The predicted octanol–water partition coefficient (Wildman–Crippen LogP) is 3.29. The lowest BCUT2D eigenvalue weighted by molar-refractivity contribution is -0.119. The SMILES string of the molecule is CCOc1ccccc1-n1nnnc1SCC(=O)N[C@H](C)CCc1ccccc1. The number of nitrogens with one attached hydrogen (secondary N) is 1. The summed E-state index contributed by atoms with van der Waals surface area (Å²) in [4.78, 5) is 12.3. The first-order valence-electron chi connectivity index (χ1n) is 9.64. The van der Waals surface area contributed by atoms with E-state index in [0.717, 1.165) is 18.5 Å². The zero-order valence-electron chi connectivity index (χ0n) is 16.6. The Balaban J connectivity index is 1.53. The van der Waals surface area contributed by atoms with Gasteiger partial charge < -0.3 is 10.1 Å². The second kappa shape index (κ2) is 10.6. The normalized spacial score (nSPS) is 11.8. The lowest BCUT2D eigenvalue weighted by Gasteiger charge is -2.14. The van der Waals surface area contributed by atoms with E-state index in [9.17, 15) is 4.79 Å². The molecule has 2 aromatic carbocycles. The number of benzene rings is 2. The summed E-state index contributed by atoms with van der Waals surface area (Å²) in [6.07, 6.45) is 1.82. The van der Waals surface area contributed by atoms with Crippen LogP contribution in [0, 0.1) is 0 Å². The van der Waals surface area contributed by atoms with E-state index in [0.29, 0.717) is 17.5 Å². The Hall–Kier alpha value is -2.87. The van der Waals surface area contributed by atoms with E-state index in [2.05, 4.69) is 33.0 Å². The number of hydrogen-bond donors (Lipinski definition) is 1. The highest BCUT2D eigenvalue weighted by molar-refractivity contribution is 7.99. The number of tetrazole rings is 1. The zero-order valence-corrected chi connectivity index (χ0v) is 17.4. The van der Waals surface area contributed by atoms with Gasteiger partial charge in [-0.1, -0.05) is 54.2 Å². The number of thioether (sulfide) groups is 1. The number of para-hydroxylation sites is 2. The molecule has 152 valence electrons. The predicted molar refractivity (Wildman–Crippen MR) is 113 cm³/mol. The van der Waals surface area contributed by atoms with Crippen molar-refractivity contribution < 1.29 is 9.53 Å². The third kappa shape index (κ3) is 6.05. The number of hydrogen-bond acceptors (Lipinski definition) is 6. The average molecular weight is 412 g/mol. The summed E-state index contributed by atoms with van der Waals surface area (Å²) < 4.78 is 7.25. The molecule has 0 aliphatic carbocycles. The number of nitrogens with zero attached hydrogens (tertiary/aromatic N) is 4. The number of aryl methyl sites for hydroxylation is 1. The summed E-state index contributed by atoms with van der Waals surface area (Å²) in [7, 11) is 0. The molecule has 3 rings (SSSR count). The van der Waals surface area contributed by atoms with Crippen LogP contribution in [0.5, 0.6) is 5.75 Å². The molecule has 0 aliphatic heterocycles. The van der Waals surface area contributed by atoms with Gasteiger partial charge >= 0.3 is 0 Å². The third-order valence-electron chi connectivity index (χ3n) is 4.28. The van der Waals surface area contributed by atoms with E-state index in [1.165, 1.54) is 17.3 Å². The summed E-state index contributed by atoms with van der Waals surface area (Å²) in [6, 6.07) is 17.9. The van der Waals surface area contributed by atoms with Crippen LogP contribution in [0.1, 0.15) is 25.8 Å². The Kier molecular flexibility index (Phi) is 7.63. The van der Waals surface area contributed by atoms with Crippen LogP contribution in [0.3, 0.4) is 0 Å². The number of aromatic nitrogens is 4. The molecule has 0 saturated heterocycles. The Morgan fingerprint density at radius 2 is 1.93 bits per heavy atom. The van der Waals surface area contributed by atoms with Crippen molar-refractivity contribution in [2.24, 2.45) is 0 Å². The molecule has 0 bridgehead atoms. The number of ether oxygens (including phenoxy) is 1. The standard InChI is InChI=1S/C21H25N5O2S/c1-3-28-19-12-8-7-11-18(19)26-21(23-24-25-26)29-15-20(27)22-16(2)13-14-17-9-5-4-6-10-17/h4-12,16H,3,13-15H2,1-2H3,(H,22,27)/t16-/m1/s1. The van der Waals surface area contributed by atoms with Crippen molar-refractivity contribution in [2.75, 3.05) is 12.4 Å². The summed E-state index contributed by atoms with van der Waals surface area (Å²) >= 11 is 1.30. The number of rotatable bonds is 10. The largest absolute Gasteiger partial charge is 0.492 e. The molecule has 0 aliphatic rings. The molecule has 3 aromatic rings. The van der Waals surface area contributed by atoms with Crippen molar-refractivity contribution in [2.45, 2.75) is 37.9 Å². The summed E-state index contributed by atoms with van der Waals surface area (Å²) in [6.45, 7) is 4.49. The molecule has 1 N–H and O–H groups in total. The van der Waals surface area contributed by atoms with Gasteiger partial charge in [0.15, 0.2) is 0 Å². The average Bonchev–Trinajstić information content (AvgIpc) is 3.21. The minimum absolute atomic E-state index is 0.0387. The van der Waals surface area contributed by atoms with Crippen molar-refractivity contribution in [1.29, 1.82) is 0 Å². The highest BCUT2D eigenvalue weighted by atomic mass is 32.2. The van der Waals surface area contributed by atoms with Gasteiger partial charge in [0.25, 0.3) is 0 Å². The second-order valence-electron chi connectivity index (χ2n) is 6.56. The molecule has 0 unspecified atom stereocenters. The topological polar surface area (TPSA) is 81.9 Å². The lowest BCUT2D eigenvalue weighted by atomic mass is 10.1. The number of carbonyl (C=O) groups is 1. The molecule has 0 radical (unpaired) electrons. The molecule has 8 heteroatoms. The first-order valence-corrected chi connectivity index (χ1v) is 10.6. The summed E-state index contributed by atoms with van der Waals surface area (Å²) in [5.74, 6) is 0.902. The van der Waals surface area contributed by atoms with Gasteiger partial charge in [-0.2, -0.15) is 4.68 Å². The molecule has 1 heterocycles. The van der Waals surface area contributed by atoms with Crippen molar-refractivity contribution in [3.63, 3.8) is 0 Å². The molecular formula is C21H25N5O2S. The molecule has 0 fully saturated rings. The van der Waals surface area contributed by atoms with E-state index in [1.54, 1.807) is 4.68 Å². The van der Waals surface area contributed by atoms with Crippen molar-refractivity contribution in [3.05, 3.63) is 60.2 Å². The molecular weight excluding hydrogens is 386 g/mol. The third-order valence-corrected chi connectivity index (χ3v) is 5.20. The molecule has 29 heavy (non-hydrogen) atoms. The Morgan fingerprint density at radius 3 is 2.72 bits per heavy atom. The number of amides is 1. The van der Waals surface area contributed by atoms with Gasteiger partial charge in [0.05, 0.1) is 12.4 Å². The van der Waals surface area contributed by atoms with Crippen molar-refractivity contribution in [1.82, 2.24) is 25.5 Å². The fourth-order valence-electron chi connectivity index (χ4n) is 2.88. The maximum Gasteiger partial charge on any atom is 0.230 e. The van der Waals surface area contributed by atoms with E-state index >= 15 is 0 Å². The van der Waals surface area contributed by atoms with Gasteiger partial charge in [-0.3, -0.25) is 4.79 Å². The van der Waals surface area contributed by atoms with Crippen molar-refractivity contribution in [3.8, 4) is 11.4 Å². The van der Waals surface area contributed by atoms with E-state index < -0.39 is 0 Å². The molecule has 0 saturated carbocycles. The van der Waals surface area contributed by atoms with Gasteiger partial charge in [-0.25, -0.2) is 0 Å². The highest BCUT2D eigenvalue weighted by Crippen LogP contribution is 2.25. The molecule has 0 spiro atoms. The van der Waals surface area contributed by atoms with Crippen LogP contribution in [0.4, 0.5) is 0 Å².